The van der Waals surface area contributed by atoms with E-state index in [-0.39, 0.29) is 30.3 Å². The summed E-state index contributed by atoms with van der Waals surface area (Å²) >= 11 is 0. The van der Waals surface area contributed by atoms with Gasteiger partial charge in [0.15, 0.2) is 24.6 Å². The lowest BCUT2D eigenvalue weighted by atomic mass is 9.98. The largest absolute Gasteiger partial charge is 0.463 e. The highest BCUT2D eigenvalue weighted by Crippen LogP contribution is 2.30. The number of carbonyl (C=O) groups excluding carboxylic acids is 4. The number of hydrogen-bond acceptors (Lipinski definition) is 13. The van der Waals surface area contributed by atoms with Gasteiger partial charge in [-0.25, -0.2) is 8.42 Å². The summed E-state index contributed by atoms with van der Waals surface area (Å²) in [6.07, 6.45) is -6.86. The highest BCUT2D eigenvalue weighted by Gasteiger charge is 2.52. The van der Waals surface area contributed by atoms with E-state index in [1.807, 2.05) is 30.3 Å². The van der Waals surface area contributed by atoms with Crippen LogP contribution in [0.3, 0.4) is 0 Å². The van der Waals surface area contributed by atoms with Crippen LogP contribution in [0.4, 0.5) is 0 Å². The number of esters is 4. The fourth-order valence-electron chi connectivity index (χ4n) is 4.34. The molecule has 2 aromatic rings. The van der Waals surface area contributed by atoms with E-state index in [0.29, 0.717) is 0 Å². The standard InChI is InChI=1S/C30H36N2O12S/c1-19(33)40-18-25-27(41-20(2)34)28(42-21(3)35)29(43-22(4)36)30(44-25)39-16-15-26(31-17-23-11-7-5-8-12-23)32-45(37,38)24-13-9-6-10-14-24/h5-14,25,27-30H,15-18H2,1-4H3,(H,31,32)/t25-,27+,28+,29-,30-/m1/s1. The molecule has 1 N–H and O–H groups in total. The van der Waals surface area contributed by atoms with E-state index in [1.165, 1.54) is 12.1 Å². The number of benzene rings is 2. The molecule has 14 nitrogen and oxygen atoms in total. The van der Waals surface area contributed by atoms with Crippen LogP contribution in [0.5, 0.6) is 0 Å². The average Bonchev–Trinajstić information content (AvgIpc) is 2.98. The molecule has 2 aromatic carbocycles. The molecular weight excluding hydrogens is 612 g/mol. The summed E-state index contributed by atoms with van der Waals surface area (Å²) in [7, 11) is -4.00. The van der Waals surface area contributed by atoms with Crippen molar-refractivity contribution >= 4 is 39.7 Å². The van der Waals surface area contributed by atoms with Gasteiger partial charge in [-0.15, -0.1) is 0 Å². The van der Waals surface area contributed by atoms with Crippen molar-refractivity contribution in [1.29, 1.82) is 0 Å². The minimum absolute atomic E-state index is 0.0258. The van der Waals surface area contributed by atoms with Crippen molar-refractivity contribution in [2.24, 2.45) is 4.99 Å². The second kappa shape index (κ2) is 16.7. The molecule has 244 valence electrons. The van der Waals surface area contributed by atoms with E-state index in [2.05, 4.69) is 9.71 Å². The van der Waals surface area contributed by atoms with Crippen molar-refractivity contribution in [3.63, 3.8) is 0 Å². The van der Waals surface area contributed by atoms with Crippen molar-refractivity contribution in [1.82, 2.24) is 4.72 Å². The Morgan fingerprint density at radius 2 is 1.33 bits per heavy atom. The lowest BCUT2D eigenvalue weighted by Gasteiger charge is -2.44. The molecule has 0 unspecified atom stereocenters. The van der Waals surface area contributed by atoms with Crippen LogP contribution in [0.2, 0.25) is 0 Å². The van der Waals surface area contributed by atoms with Gasteiger partial charge in [-0.05, 0) is 17.7 Å². The Hall–Kier alpha value is -4.34. The van der Waals surface area contributed by atoms with Gasteiger partial charge in [0.2, 0.25) is 0 Å². The molecule has 0 amide bonds. The summed E-state index contributed by atoms with van der Waals surface area (Å²) in [5, 5.41) is 0. The molecule has 1 fully saturated rings. The van der Waals surface area contributed by atoms with Crippen molar-refractivity contribution in [2.45, 2.75) is 76.3 Å². The van der Waals surface area contributed by atoms with Crippen molar-refractivity contribution < 1.29 is 56.0 Å². The van der Waals surface area contributed by atoms with E-state index in [4.69, 9.17) is 28.4 Å². The molecule has 1 aliphatic heterocycles. The zero-order chi connectivity index (χ0) is 33.0. The summed E-state index contributed by atoms with van der Waals surface area (Å²) < 4.78 is 61.7. The fraction of sp³-hybridized carbons (Fsp3) is 0.433. The third-order valence-corrected chi connectivity index (χ3v) is 7.57. The highest BCUT2D eigenvalue weighted by atomic mass is 32.2. The molecule has 0 saturated carbocycles. The van der Waals surface area contributed by atoms with Crippen molar-refractivity contribution in [3.8, 4) is 0 Å². The number of nitrogens with one attached hydrogen (secondary N) is 1. The molecule has 1 aliphatic rings. The van der Waals surface area contributed by atoms with Gasteiger partial charge in [0.1, 0.15) is 18.5 Å². The molecule has 0 aromatic heterocycles. The molecule has 3 rings (SSSR count). The molecule has 0 radical (unpaired) electrons. The first-order chi connectivity index (χ1) is 21.4. The summed E-state index contributed by atoms with van der Waals surface area (Å²) in [5.74, 6) is -2.93. The first-order valence-electron chi connectivity index (χ1n) is 13.9. The number of ether oxygens (including phenoxy) is 6. The van der Waals surface area contributed by atoms with Crippen LogP contribution >= 0.6 is 0 Å². The molecule has 0 spiro atoms. The van der Waals surface area contributed by atoms with Crippen molar-refractivity contribution in [3.05, 3.63) is 66.2 Å². The first-order valence-corrected chi connectivity index (χ1v) is 15.4. The monoisotopic (exact) mass is 648 g/mol. The Morgan fingerprint density at radius 1 is 0.778 bits per heavy atom. The second-order valence-corrected chi connectivity index (χ2v) is 11.5. The Morgan fingerprint density at radius 3 is 1.91 bits per heavy atom. The molecule has 5 atom stereocenters. The third-order valence-electron chi connectivity index (χ3n) is 6.17. The second-order valence-electron chi connectivity index (χ2n) is 9.86. The van der Waals surface area contributed by atoms with Gasteiger partial charge in [0.25, 0.3) is 10.0 Å². The van der Waals surface area contributed by atoms with E-state index in [9.17, 15) is 27.6 Å². The molecule has 0 aliphatic carbocycles. The molecule has 45 heavy (non-hydrogen) atoms. The number of sulfonamides is 1. The van der Waals surface area contributed by atoms with Gasteiger partial charge >= 0.3 is 23.9 Å². The van der Waals surface area contributed by atoms with Gasteiger partial charge in [-0.1, -0.05) is 48.5 Å². The van der Waals surface area contributed by atoms with E-state index in [0.717, 1.165) is 33.3 Å². The summed E-state index contributed by atoms with van der Waals surface area (Å²) in [5.41, 5.74) is 0.828. The van der Waals surface area contributed by atoms with E-state index < -0.39 is 71.2 Å². The number of aliphatic imine (C=N–C) groups is 1. The predicted molar refractivity (Wildman–Crippen MR) is 157 cm³/mol. The number of hydrogen-bond donors (Lipinski definition) is 1. The molecule has 1 saturated heterocycles. The Bertz CT molecular complexity index is 1450. The Labute approximate surface area is 261 Å². The lowest BCUT2D eigenvalue weighted by molar-refractivity contribution is -0.307. The number of amidine groups is 1. The average molecular weight is 649 g/mol. The number of carbonyl (C=O) groups is 4. The van der Waals surface area contributed by atoms with Crippen LogP contribution in [0.15, 0.2) is 70.6 Å². The summed E-state index contributed by atoms with van der Waals surface area (Å²) in [4.78, 5) is 52.1. The SMILES string of the molecule is CC(=O)OC[C@H]1O[C@@H](OCCC(=NCc2ccccc2)NS(=O)(=O)c2ccccc2)[C@H](OC(C)=O)[C@@H](OC(C)=O)[C@H]1OC(C)=O. The Balaban J connectivity index is 1.87. The van der Waals surface area contributed by atoms with E-state index in [1.54, 1.807) is 18.2 Å². The molecule has 1 heterocycles. The fourth-order valence-corrected chi connectivity index (χ4v) is 5.45. The normalized spacial score (nSPS) is 21.7. The predicted octanol–water partition coefficient (Wildman–Crippen LogP) is 2.05. The van der Waals surface area contributed by atoms with Gasteiger partial charge < -0.3 is 28.4 Å². The maximum absolute atomic E-state index is 13.1. The first kappa shape index (κ1) is 35.1. The van der Waals surface area contributed by atoms with Gasteiger partial charge in [-0.3, -0.25) is 28.9 Å². The maximum Gasteiger partial charge on any atom is 0.303 e. The Kier molecular flexibility index (Phi) is 13.0. The molecule has 0 bridgehead atoms. The number of rotatable bonds is 13. The van der Waals surface area contributed by atoms with Crippen molar-refractivity contribution in [2.75, 3.05) is 13.2 Å². The van der Waals surface area contributed by atoms with Gasteiger partial charge in [0.05, 0.1) is 18.0 Å². The van der Waals surface area contributed by atoms with Crippen LogP contribution in [0, 0.1) is 0 Å². The smallest absolute Gasteiger partial charge is 0.303 e. The minimum Gasteiger partial charge on any atom is -0.463 e. The molecule has 15 heteroatoms. The zero-order valence-electron chi connectivity index (χ0n) is 25.2. The van der Waals surface area contributed by atoms with Crippen LogP contribution in [0.25, 0.3) is 0 Å². The highest BCUT2D eigenvalue weighted by molar-refractivity contribution is 7.90. The summed E-state index contributed by atoms with van der Waals surface area (Å²) in [6.45, 7) is 4.01. The number of nitrogens with zero attached hydrogens (tertiary/aromatic N) is 1. The lowest BCUT2D eigenvalue weighted by Crippen LogP contribution is -2.63. The van der Waals surface area contributed by atoms with Gasteiger partial charge in [0, 0.05) is 34.1 Å². The van der Waals surface area contributed by atoms with Crippen LogP contribution in [-0.2, 0) is 64.2 Å². The van der Waals surface area contributed by atoms with Crippen LogP contribution in [0.1, 0.15) is 39.7 Å². The summed E-state index contributed by atoms with van der Waals surface area (Å²) in [6, 6.07) is 16.9. The van der Waals surface area contributed by atoms with E-state index >= 15 is 0 Å². The van der Waals surface area contributed by atoms with Gasteiger partial charge in [-0.2, -0.15) is 0 Å². The zero-order valence-corrected chi connectivity index (χ0v) is 26.1. The quantitative estimate of drug-likeness (QED) is 0.145. The topological polar surface area (TPSA) is 182 Å². The maximum atomic E-state index is 13.1. The van der Waals surface area contributed by atoms with Crippen LogP contribution in [-0.4, -0.2) is 82.1 Å². The third kappa shape index (κ3) is 11.3. The minimum atomic E-state index is -4.00. The molecular formula is C30H36N2O12S. The van der Waals surface area contributed by atoms with Crippen LogP contribution < -0.4 is 4.72 Å².